The molecule has 0 unspecified atom stereocenters. The van der Waals surface area contributed by atoms with Crippen LogP contribution < -0.4 is 0 Å². The van der Waals surface area contributed by atoms with Gasteiger partial charge in [-0.05, 0) is 0 Å². The quantitative estimate of drug-likeness (QED) is 0.0953. The summed E-state index contributed by atoms with van der Waals surface area (Å²) in [6.07, 6.45) is -73.2. The van der Waals surface area contributed by atoms with Crippen molar-refractivity contribution >= 4 is 7.82 Å². The SMILES string of the molecule is O=P(O)(O)OC[C@@H]1O[C@@H]2O[C@H]3[C@H](O)[C@H](O)[C@@H](O[C@H]4[C@@H](O)[C@H](O)[C@@H](O[C@H]5[C@H](O)[C@H](O)[C@@H](O[C@H]6[C@H](O)[C@@H](O)[C@@H](O[C@H]7[C@H](O)[C@@H](O)[C@@H](O[C@H]8[C@H](O)[C@@H](O)[C@@H](O[C@H]1[C@H](O)[C@H]2O)O[C@H]8CO)O[C@H]7CO)O[C@H]6CO)O[C@@H]5CO)O[C@@H]4CO)O[C@@H]3CO. The third-order valence-corrected chi connectivity index (χ3v) is 15.5. The van der Waals surface area contributed by atoms with Crippen LogP contribution in [-0.4, -0.2) is 373 Å². The molecule has 0 aromatic heterocycles. The van der Waals surface area contributed by atoms with Gasteiger partial charge in [-0.2, -0.15) is 0 Å². The van der Waals surface area contributed by atoms with Crippen molar-refractivity contribution in [3.8, 4) is 0 Å². The van der Waals surface area contributed by atoms with Gasteiger partial charge in [-0.3, -0.25) is 4.52 Å². The van der Waals surface area contributed by atoms with Gasteiger partial charge >= 0.3 is 7.82 Å². The second kappa shape index (κ2) is 27.4. The molecule has 21 rings (SSSR count). The second-order valence-corrected chi connectivity index (χ2v) is 21.5. The number of aliphatic hydroxyl groups excluding tert-OH is 20. The number of rotatable bonds is 9. The third kappa shape index (κ3) is 13.6. The van der Waals surface area contributed by atoms with E-state index in [9.17, 15) is 116 Å². The van der Waals surface area contributed by atoms with E-state index in [2.05, 4.69) is 4.52 Å². The topological polar surface area (TPSA) is 601 Å². The van der Waals surface area contributed by atoms with Crippen molar-refractivity contribution in [3.05, 3.63) is 0 Å². The maximum Gasteiger partial charge on any atom is 0.469 e. The Kier molecular flexibility index (Phi) is 22.3. The number of ether oxygens (including phenoxy) is 14. The first-order valence-corrected chi connectivity index (χ1v) is 26.9. The zero-order valence-electron chi connectivity index (χ0n) is 42.0. The Morgan fingerprint density at radius 1 is 0.247 bits per heavy atom. The summed E-state index contributed by atoms with van der Waals surface area (Å²) in [6, 6.07) is 0. The van der Waals surface area contributed by atoms with Gasteiger partial charge in [-0.15, -0.1) is 0 Å². The minimum absolute atomic E-state index is 1.07. The van der Waals surface area contributed by atoms with Crippen molar-refractivity contribution in [1.82, 2.24) is 0 Å². The van der Waals surface area contributed by atoms with Crippen molar-refractivity contribution in [2.75, 3.05) is 46.2 Å². The first kappa shape index (κ1) is 65.7. The predicted molar refractivity (Wildman–Crippen MR) is 239 cm³/mol. The summed E-state index contributed by atoms with van der Waals surface area (Å²) in [7, 11) is -5.43. The maximum atomic E-state index is 11.9. The largest absolute Gasteiger partial charge is 0.469 e. The monoisotopic (exact) mass is 1210 g/mol. The van der Waals surface area contributed by atoms with Gasteiger partial charge in [0.05, 0.1) is 46.2 Å². The Labute approximate surface area is 455 Å². The van der Waals surface area contributed by atoms with Crippen molar-refractivity contribution in [2.45, 2.75) is 215 Å². The molecule has 0 spiro atoms. The minimum atomic E-state index is -5.43. The van der Waals surface area contributed by atoms with E-state index < -0.39 is 269 Å². The third-order valence-electron chi connectivity index (χ3n) is 15.0. The molecule has 14 bridgehead atoms. The van der Waals surface area contributed by atoms with Crippen LogP contribution >= 0.6 is 7.82 Å². The van der Waals surface area contributed by atoms with E-state index in [0.29, 0.717) is 0 Å². The van der Waals surface area contributed by atoms with E-state index in [-0.39, 0.29) is 0 Å². The average molecular weight is 1210 g/mol. The molecule has 38 nitrogen and oxygen atoms in total. The molecule has 81 heavy (non-hydrogen) atoms. The highest BCUT2D eigenvalue weighted by Gasteiger charge is 2.59. The molecule has 21 saturated heterocycles. The lowest BCUT2D eigenvalue weighted by atomic mass is 9.95. The molecule has 472 valence electrons. The highest BCUT2D eigenvalue weighted by Crippen LogP contribution is 2.41. The van der Waals surface area contributed by atoms with Crippen LogP contribution in [-0.2, 0) is 75.4 Å². The number of phosphoric acid groups is 1. The van der Waals surface area contributed by atoms with Gasteiger partial charge in [0.1, 0.15) is 171 Å². The van der Waals surface area contributed by atoms with Gasteiger partial charge in [0, 0.05) is 0 Å². The number of hydrogen-bond donors (Lipinski definition) is 22. The predicted octanol–water partition coefficient (Wildman–Crippen LogP) is -15.1. The van der Waals surface area contributed by atoms with Crippen LogP contribution in [0.4, 0.5) is 0 Å². The van der Waals surface area contributed by atoms with Crippen LogP contribution in [0.25, 0.3) is 0 Å². The fourth-order valence-corrected chi connectivity index (χ4v) is 10.9. The molecule has 39 heteroatoms. The zero-order chi connectivity index (χ0) is 59.3. The van der Waals surface area contributed by atoms with Crippen LogP contribution in [0.2, 0.25) is 0 Å². The smallest absolute Gasteiger partial charge is 0.394 e. The van der Waals surface area contributed by atoms with Crippen LogP contribution in [0, 0.1) is 0 Å². The summed E-state index contributed by atoms with van der Waals surface area (Å²) in [5, 5.41) is 221. The molecule has 0 amide bonds. The van der Waals surface area contributed by atoms with Crippen molar-refractivity contribution in [1.29, 1.82) is 0 Å². The Morgan fingerprint density at radius 2 is 0.395 bits per heavy atom. The fraction of sp³-hybridized carbons (Fsp3) is 1.00. The maximum absolute atomic E-state index is 11.9. The number of aliphatic hydroxyl groups is 20. The molecule has 21 aliphatic heterocycles. The standard InChI is InChI=1S/C42H71O38P/c43-1-8-29-16(50)23(57)37(68-8)76-31-10(3-45)70-39(25(59)18(31)52)78-33-12(5-47)72-41(27(61)20(33)54)80-35-14(7-66-81(63,64)65)73-42(28(62)21(35)55)79-34-13(6-48)71-40(26(60)19(34)53)77-32-11(4-46)69-38(24(58)17(32)51)75-30-9(2-44)67-36(74-29)22(56)15(30)49/h8-62H,1-7H2,(H2,63,64,65)/t8-,9+,10-,11+,12-,13+,14-,15+,16+,17-,18+,19+,20+,21+,22-,23+,24-,25+,26-,27+,28+,29+,30+,31+,32+,33+,34+,35+,36+,37+,38+,39+,40+,41+,42+/m0/s1. The molecule has 0 saturated carbocycles. The van der Waals surface area contributed by atoms with E-state index >= 15 is 0 Å². The molecule has 35 atom stereocenters. The molecule has 21 heterocycles. The van der Waals surface area contributed by atoms with Gasteiger partial charge in [0.25, 0.3) is 0 Å². The summed E-state index contributed by atoms with van der Waals surface area (Å²) in [6.45, 7) is -7.83. The molecule has 21 aliphatic rings. The summed E-state index contributed by atoms with van der Waals surface area (Å²) >= 11 is 0. The molecule has 21 fully saturated rings. The van der Waals surface area contributed by atoms with E-state index in [1.165, 1.54) is 0 Å². The Morgan fingerprint density at radius 3 is 0.543 bits per heavy atom. The van der Waals surface area contributed by atoms with E-state index in [1.807, 2.05) is 0 Å². The lowest BCUT2D eigenvalue weighted by Gasteiger charge is -2.50. The molecular weight excluding hydrogens is 1140 g/mol. The first-order chi connectivity index (χ1) is 38.3. The Balaban J connectivity index is 1.10. The van der Waals surface area contributed by atoms with Crippen LogP contribution in [0.15, 0.2) is 0 Å². The van der Waals surface area contributed by atoms with Crippen molar-refractivity contribution in [2.24, 2.45) is 0 Å². The lowest BCUT2D eigenvalue weighted by molar-refractivity contribution is -0.396. The molecule has 0 radical (unpaired) electrons. The van der Waals surface area contributed by atoms with Crippen LogP contribution in [0.1, 0.15) is 0 Å². The van der Waals surface area contributed by atoms with Crippen LogP contribution in [0.5, 0.6) is 0 Å². The minimum Gasteiger partial charge on any atom is -0.394 e. The summed E-state index contributed by atoms with van der Waals surface area (Å²) in [5.74, 6) is 0. The summed E-state index contributed by atoms with van der Waals surface area (Å²) < 4.78 is 95.8. The fourth-order valence-electron chi connectivity index (χ4n) is 10.6. The van der Waals surface area contributed by atoms with Gasteiger partial charge in [0.2, 0.25) is 0 Å². The van der Waals surface area contributed by atoms with E-state index in [0.717, 1.165) is 0 Å². The zero-order valence-corrected chi connectivity index (χ0v) is 42.9. The van der Waals surface area contributed by atoms with Crippen molar-refractivity contribution < 1.29 is 187 Å². The molecular formula is C42H71O38P. The Bertz CT molecular complexity index is 2000. The molecule has 0 aromatic carbocycles. The number of phosphoric ester groups is 1. The van der Waals surface area contributed by atoms with Gasteiger partial charge < -0.3 is 178 Å². The van der Waals surface area contributed by atoms with E-state index in [1.54, 1.807) is 0 Å². The molecule has 0 aromatic rings. The highest BCUT2D eigenvalue weighted by atomic mass is 31.2. The normalized spacial score (nSPS) is 53.4. The molecule has 22 N–H and O–H groups in total. The highest BCUT2D eigenvalue weighted by molar-refractivity contribution is 7.46. The first-order valence-electron chi connectivity index (χ1n) is 25.4. The van der Waals surface area contributed by atoms with Gasteiger partial charge in [-0.25, -0.2) is 4.57 Å². The van der Waals surface area contributed by atoms with Gasteiger partial charge in [0.15, 0.2) is 44.0 Å². The lowest BCUT2D eigenvalue weighted by Crippen LogP contribution is -2.68. The second-order valence-electron chi connectivity index (χ2n) is 20.3. The van der Waals surface area contributed by atoms with Crippen LogP contribution in [0.3, 0.4) is 0 Å². The van der Waals surface area contributed by atoms with Crippen molar-refractivity contribution in [3.63, 3.8) is 0 Å². The number of hydrogen-bond acceptors (Lipinski definition) is 36. The molecule has 0 aliphatic carbocycles. The summed E-state index contributed by atoms with van der Waals surface area (Å²) in [4.78, 5) is 19.1. The Hall–Kier alpha value is -1.25. The van der Waals surface area contributed by atoms with E-state index in [4.69, 9.17) is 66.3 Å². The van der Waals surface area contributed by atoms with Gasteiger partial charge in [-0.1, -0.05) is 0 Å². The average Bonchev–Trinajstić information content (AvgIpc) is 3.48. The summed E-state index contributed by atoms with van der Waals surface area (Å²) in [5.41, 5.74) is 0.